The van der Waals surface area contributed by atoms with Crippen LogP contribution in [-0.2, 0) is 4.74 Å². The van der Waals surface area contributed by atoms with Crippen LogP contribution in [0.25, 0.3) is 0 Å². The third-order valence-corrected chi connectivity index (χ3v) is 3.40. The molecule has 6 nitrogen and oxygen atoms in total. The highest BCUT2D eigenvalue weighted by molar-refractivity contribution is 7.18. The minimum Gasteiger partial charge on any atom is -0.465 e. The van der Waals surface area contributed by atoms with E-state index in [-0.39, 0.29) is 23.2 Å². The van der Waals surface area contributed by atoms with E-state index in [4.69, 9.17) is 21.8 Å². The summed E-state index contributed by atoms with van der Waals surface area (Å²) in [5, 5.41) is 21.4. The van der Waals surface area contributed by atoms with E-state index in [1.165, 1.54) is 7.11 Å². The van der Waals surface area contributed by atoms with Gasteiger partial charge in [-0.1, -0.05) is 22.9 Å². The molecular formula is C9H13ClN2O4S. The van der Waals surface area contributed by atoms with Gasteiger partial charge in [0.2, 0.25) is 0 Å². The van der Waals surface area contributed by atoms with E-state index in [0.717, 1.165) is 11.3 Å². The van der Waals surface area contributed by atoms with Crippen LogP contribution in [0.4, 0.5) is 5.13 Å². The van der Waals surface area contributed by atoms with Crippen molar-refractivity contribution in [1.29, 1.82) is 0 Å². The van der Waals surface area contributed by atoms with Crippen LogP contribution in [-0.4, -0.2) is 47.0 Å². The number of nitrogens with one attached hydrogen (secondary N) is 1. The van der Waals surface area contributed by atoms with Crippen molar-refractivity contribution in [2.45, 2.75) is 12.5 Å². The van der Waals surface area contributed by atoms with Gasteiger partial charge in [0.05, 0.1) is 25.9 Å². The second-order valence-corrected chi connectivity index (χ2v) is 4.99. The predicted molar refractivity (Wildman–Crippen MR) is 64.7 cm³/mol. The fraction of sp³-hybridized carbons (Fsp3) is 0.556. The van der Waals surface area contributed by atoms with Crippen LogP contribution in [0.5, 0.6) is 0 Å². The maximum atomic E-state index is 11.3. The number of anilines is 1. The van der Waals surface area contributed by atoms with Gasteiger partial charge in [0.15, 0.2) is 15.2 Å². The summed E-state index contributed by atoms with van der Waals surface area (Å²) in [5.74, 6) is -0.574. The fourth-order valence-corrected chi connectivity index (χ4v) is 2.21. The van der Waals surface area contributed by atoms with E-state index < -0.39 is 11.5 Å². The second-order valence-electron chi connectivity index (χ2n) is 3.63. The van der Waals surface area contributed by atoms with Gasteiger partial charge >= 0.3 is 5.97 Å². The number of rotatable bonds is 5. The summed E-state index contributed by atoms with van der Waals surface area (Å²) in [4.78, 5) is 15.4. The maximum Gasteiger partial charge on any atom is 0.351 e. The van der Waals surface area contributed by atoms with Crippen molar-refractivity contribution >= 4 is 34.0 Å². The number of thiazole rings is 1. The number of ether oxygens (including phenoxy) is 1. The lowest BCUT2D eigenvalue weighted by Crippen LogP contribution is -2.42. The van der Waals surface area contributed by atoms with Crippen molar-refractivity contribution in [2.24, 2.45) is 0 Å². The van der Waals surface area contributed by atoms with Crippen LogP contribution in [0.2, 0.25) is 5.15 Å². The number of carbonyl (C=O) groups is 1. The highest BCUT2D eigenvalue weighted by Gasteiger charge is 2.25. The van der Waals surface area contributed by atoms with E-state index in [9.17, 15) is 4.79 Å². The molecule has 0 radical (unpaired) electrons. The summed E-state index contributed by atoms with van der Waals surface area (Å²) in [6.07, 6.45) is 0. The van der Waals surface area contributed by atoms with E-state index in [1.807, 2.05) is 0 Å². The van der Waals surface area contributed by atoms with E-state index in [0.29, 0.717) is 5.13 Å². The predicted octanol–water partition coefficient (Wildman–Crippen LogP) is 0.738. The molecule has 0 saturated heterocycles. The van der Waals surface area contributed by atoms with E-state index in [2.05, 4.69) is 15.0 Å². The molecule has 0 aliphatic rings. The number of aliphatic hydroxyl groups excluding tert-OH is 2. The summed E-state index contributed by atoms with van der Waals surface area (Å²) in [7, 11) is 1.25. The Morgan fingerprint density at radius 1 is 1.59 bits per heavy atom. The number of hydrogen-bond acceptors (Lipinski definition) is 7. The molecule has 0 aromatic carbocycles. The number of halogens is 1. The van der Waals surface area contributed by atoms with Crippen LogP contribution in [0, 0.1) is 0 Å². The number of esters is 1. The van der Waals surface area contributed by atoms with Gasteiger partial charge in [-0.05, 0) is 6.92 Å². The largest absolute Gasteiger partial charge is 0.465 e. The molecule has 0 bridgehead atoms. The molecule has 0 atom stereocenters. The van der Waals surface area contributed by atoms with Gasteiger partial charge in [-0.25, -0.2) is 9.78 Å². The second kappa shape index (κ2) is 5.63. The third-order valence-electron chi connectivity index (χ3n) is 2.06. The molecule has 0 amide bonds. The van der Waals surface area contributed by atoms with Gasteiger partial charge in [-0.3, -0.25) is 0 Å². The number of methoxy groups -OCH3 is 1. The minimum atomic E-state index is -0.922. The Labute approximate surface area is 107 Å². The molecule has 0 aliphatic heterocycles. The molecule has 1 rings (SSSR count). The van der Waals surface area contributed by atoms with Crippen molar-refractivity contribution < 1.29 is 19.7 Å². The van der Waals surface area contributed by atoms with Crippen molar-refractivity contribution in [3.05, 3.63) is 10.0 Å². The smallest absolute Gasteiger partial charge is 0.351 e. The maximum absolute atomic E-state index is 11.3. The molecular weight excluding hydrogens is 268 g/mol. The molecule has 0 spiro atoms. The number of nitrogens with zero attached hydrogens (tertiary/aromatic N) is 1. The highest BCUT2D eigenvalue weighted by atomic mass is 35.5. The average Bonchev–Trinajstić information content (AvgIpc) is 2.68. The molecule has 8 heteroatoms. The van der Waals surface area contributed by atoms with Gasteiger partial charge in [-0.2, -0.15) is 0 Å². The zero-order valence-corrected chi connectivity index (χ0v) is 10.9. The van der Waals surface area contributed by atoms with Crippen LogP contribution in [0.1, 0.15) is 16.6 Å². The van der Waals surface area contributed by atoms with Crippen LogP contribution in [0.3, 0.4) is 0 Å². The Hall–Kier alpha value is -0.890. The standard InChI is InChI=1S/C9H13ClN2O4S/c1-9(3-13,4-14)12-8-11-6(10)5(17-8)7(15)16-2/h13-14H,3-4H2,1-2H3,(H,11,12). The molecule has 1 aromatic heterocycles. The molecule has 96 valence electrons. The summed E-state index contributed by atoms with van der Waals surface area (Å²) < 4.78 is 4.53. The lowest BCUT2D eigenvalue weighted by Gasteiger charge is -2.25. The zero-order valence-electron chi connectivity index (χ0n) is 9.36. The zero-order chi connectivity index (χ0) is 13.1. The first-order chi connectivity index (χ1) is 7.95. The van der Waals surface area contributed by atoms with Gasteiger partial charge in [0, 0.05) is 0 Å². The lowest BCUT2D eigenvalue weighted by molar-refractivity contribution is 0.0606. The van der Waals surface area contributed by atoms with Crippen molar-refractivity contribution in [3.63, 3.8) is 0 Å². The number of aliphatic hydroxyl groups is 2. The first-order valence-electron chi connectivity index (χ1n) is 4.70. The van der Waals surface area contributed by atoms with Crippen molar-refractivity contribution in [3.8, 4) is 0 Å². The van der Waals surface area contributed by atoms with Gasteiger partial charge in [0.1, 0.15) is 0 Å². The van der Waals surface area contributed by atoms with Gasteiger partial charge in [0.25, 0.3) is 0 Å². The number of hydrogen-bond donors (Lipinski definition) is 3. The van der Waals surface area contributed by atoms with Gasteiger partial charge < -0.3 is 20.3 Å². The SMILES string of the molecule is COC(=O)c1sc(NC(C)(CO)CO)nc1Cl. The monoisotopic (exact) mass is 280 g/mol. The molecule has 3 N–H and O–H groups in total. The summed E-state index contributed by atoms with van der Waals surface area (Å²) in [6, 6.07) is 0. The van der Waals surface area contributed by atoms with E-state index >= 15 is 0 Å². The molecule has 1 heterocycles. The Morgan fingerprint density at radius 2 is 2.18 bits per heavy atom. The van der Waals surface area contributed by atoms with Crippen molar-refractivity contribution in [2.75, 3.05) is 25.6 Å². The van der Waals surface area contributed by atoms with Crippen LogP contribution >= 0.6 is 22.9 Å². The van der Waals surface area contributed by atoms with Crippen molar-refractivity contribution in [1.82, 2.24) is 4.98 Å². The molecule has 0 saturated carbocycles. The minimum absolute atomic E-state index is 0.0302. The van der Waals surface area contributed by atoms with Crippen LogP contribution < -0.4 is 5.32 Å². The Balaban J connectivity index is 2.91. The summed E-state index contributed by atoms with van der Waals surface area (Å²) >= 11 is 6.77. The Bertz CT molecular complexity index is 406. The highest BCUT2D eigenvalue weighted by Crippen LogP contribution is 2.29. The molecule has 0 fully saturated rings. The van der Waals surface area contributed by atoms with E-state index in [1.54, 1.807) is 6.92 Å². The number of carbonyl (C=O) groups excluding carboxylic acids is 1. The van der Waals surface area contributed by atoms with Gasteiger partial charge in [-0.15, -0.1) is 0 Å². The quantitative estimate of drug-likeness (QED) is 0.689. The first-order valence-corrected chi connectivity index (χ1v) is 5.89. The molecule has 0 aliphatic carbocycles. The fourth-order valence-electron chi connectivity index (χ4n) is 0.961. The Kier molecular flexibility index (Phi) is 4.70. The molecule has 0 unspecified atom stereocenters. The average molecular weight is 281 g/mol. The summed E-state index contributed by atoms with van der Waals surface area (Å²) in [6.45, 7) is 1.04. The topological polar surface area (TPSA) is 91.7 Å². The number of aromatic nitrogens is 1. The third kappa shape index (κ3) is 3.29. The first kappa shape index (κ1) is 14.2. The normalized spacial score (nSPS) is 11.4. The summed E-state index contributed by atoms with van der Waals surface area (Å²) in [5.41, 5.74) is -0.922. The van der Waals surface area contributed by atoms with Crippen LogP contribution in [0.15, 0.2) is 0 Å². The Morgan fingerprint density at radius 3 is 2.65 bits per heavy atom. The lowest BCUT2D eigenvalue weighted by atomic mass is 10.1. The molecule has 17 heavy (non-hydrogen) atoms. The molecule has 1 aromatic rings.